The molecule has 2 N–H and O–H groups in total. The second-order valence-corrected chi connectivity index (χ2v) is 8.92. The Kier molecular flexibility index (Phi) is 6.70. The highest BCUT2D eigenvalue weighted by Crippen LogP contribution is 2.39. The number of imidazole rings is 1. The van der Waals surface area contributed by atoms with E-state index in [-0.39, 0.29) is 5.78 Å². The van der Waals surface area contributed by atoms with Crippen molar-refractivity contribution < 1.29 is 14.6 Å². The molecule has 5 heteroatoms. The topological polar surface area (TPSA) is 75.2 Å². The number of nitrogens with one attached hydrogen (secondary N) is 1. The van der Waals surface area contributed by atoms with E-state index in [0.717, 1.165) is 41.6 Å². The van der Waals surface area contributed by atoms with E-state index in [9.17, 15) is 9.90 Å². The average molecular weight is 397 g/mol. The van der Waals surface area contributed by atoms with Gasteiger partial charge in [-0.25, -0.2) is 4.98 Å². The van der Waals surface area contributed by atoms with Gasteiger partial charge in [0.05, 0.1) is 12.7 Å². The number of hydrogen-bond donors (Lipinski definition) is 2. The summed E-state index contributed by atoms with van der Waals surface area (Å²) in [5.74, 6) is 0.398. The summed E-state index contributed by atoms with van der Waals surface area (Å²) in [4.78, 5) is 20.0. The molecular weight excluding hydrogens is 364 g/mol. The molecule has 3 rings (SSSR count). The molecule has 1 aliphatic rings. The zero-order valence-corrected chi connectivity index (χ0v) is 17.9. The molecular formula is C24H32N2O3. The second kappa shape index (κ2) is 9.06. The van der Waals surface area contributed by atoms with Crippen LogP contribution in [0.15, 0.2) is 30.5 Å². The van der Waals surface area contributed by atoms with Crippen molar-refractivity contribution in [1.29, 1.82) is 0 Å². The fourth-order valence-corrected chi connectivity index (χ4v) is 3.86. The van der Waals surface area contributed by atoms with Crippen molar-refractivity contribution >= 4 is 11.4 Å². The number of carbonyl (C=O) groups is 1. The number of aryl methyl sites for hydroxylation is 1. The van der Waals surface area contributed by atoms with Crippen molar-refractivity contribution in [2.24, 2.45) is 5.41 Å². The van der Waals surface area contributed by atoms with Crippen LogP contribution in [0.25, 0.3) is 5.57 Å². The Labute approximate surface area is 173 Å². The fraction of sp³-hybridized carbons (Fsp3) is 0.500. The Morgan fingerprint density at radius 1 is 1.38 bits per heavy atom. The van der Waals surface area contributed by atoms with Crippen LogP contribution in [0.3, 0.4) is 0 Å². The van der Waals surface area contributed by atoms with Crippen molar-refractivity contribution in [3.63, 3.8) is 0 Å². The van der Waals surface area contributed by atoms with Gasteiger partial charge in [-0.15, -0.1) is 0 Å². The lowest BCUT2D eigenvalue weighted by atomic mass is 9.76. The smallest absolute Gasteiger partial charge is 0.202 e. The number of methoxy groups -OCH3 is 1. The van der Waals surface area contributed by atoms with Gasteiger partial charge >= 0.3 is 0 Å². The number of hydrogen-bond acceptors (Lipinski definition) is 4. The lowest BCUT2D eigenvalue weighted by molar-refractivity contribution is 0.0650. The Balaban J connectivity index is 1.90. The van der Waals surface area contributed by atoms with Crippen molar-refractivity contribution in [3.8, 4) is 0 Å². The van der Waals surface area contributed by atoms with Gasteiger partial charge in [0, 0.05) is 31.8 Å². The standard InChI is InChI=1S/C24H32N2O3/c1-16-14-25-23(26-16)22(28)13-19-6-5-17(11-20(27)15-29-4)12-21(19)18-7-9-24(2,3)10-8-18/h5-7,12,14,20,27H,8-11,13,15H2,1-4H3,(H,25,26)/t20-/m1/s1. The first-order valence-corrected chi connectivity index (χ1v) is 10.3. The lowest BCUT2D eigenvalue weighted by Gasteiger charge is -2.29. The SMILES string of the molecule is COC[C@H](O)Cc1ccc(CC(=O)c2ncc(C)[nH]2)c(C2=CCC(C)(C)CC2)c1. The Bertz CT molecular complexity index is 895. The molecule has 0 fully saturated rings. The number of aliphatic hydroxyl groups excluding tert-OH is 1. The molecule has 0 spiro atoms. The van der Waals surface area contributed by atoms with Gasteiger partial charge in [-0.2, -0.15) is 0 Å². The molecule has 29 heavy (non-hydrogen) atoms. The monoisotopic (exact) mass is 396 g/mol. The number of Topliss-reactive ketones (excluding diaryl/α,β-unsaturated/α-hetero) is 1. The van der Waals surface area contributed by atoms with Crippen molar-refractivity contribution in [1.82, 2.24) is 9.97 Å². The summed E-state index contributed by atoms with van der Waals surface area (Å²) in [5.41, 5.74) is 5.69. The Hall–Kier alpha value is -2.24. The minimum Gasteiger partial charge on any atom is -0.390 e. The lowest BCUT2D eigenvalue weighted by Crippen LogP contribution is -2.18. The molecule has 0 radical (unpaired) electrons. The molecule has 1 aromatic carbocycles. The van der Waals surface area contributed by atoms with Crippen LogP contribution >= 0.6 is 0 Å². The van der Waals surface area contributed by atoms with E-state index in [2.05, 4.69) is 36.0 Å². The number of benzene rings is 1. The third kappa shape index (κ3) is 5.64. The molecule has 0 saturated heterocycles. The summed E-state index contributed by atoms with van der Waals surface area (Å²) < 4.78 is 5.06. The number of H-pyrrole nitrogens is 1. The molecule has 0 aliphatic heterocycles. The Morgan fingerprint density at radius 2 is 2.17 bits per heavy atom. The van der Waals surface area contributed by atoms with Gasteiger partial charge in [-0.05, 0) is 53.9 Å². The highest BCUT2D eigenvalue weighted by molar-refractivity contribution is 5.95. The maximum Gasteiger partial charge on any atom is 0.202 e. The van der Waals surface area contributed by atoms with Gasteiger partial charge in [0.15, 0.2) is 5.82 Å². The van der Waals surface area contributed by atoms with Gasteiger partial charge < -0.3 is 14.8 Å². The maximum atomic E-state index is 12.7. The van der Waals surface area contributed by atoms with Crippen LogP contribution in [0.2, 0.25) is 0 Å². The van der Waals surface area contributed by atoms with Gasteiger partial charge in [0.2, 0.25) is 5.78 Å². The molecule has 1 atom stereocenters. The van der Waals surface area contributed by atoms with E-state index in [1.54, 1.807) is 13.3 Å². The molecule has 1 aromatic heterocycles. The molecule has 0 unspecified atom stereocenters. The zero-order chi connectivity index (χ0) is 21.0. The highest BCUT2D eigenvalue weighted by Gasteiger charge is 2.24. The number of carbonyl (C=O) groups excluding carboxylic acids is 1. The Morgan fingerprint density at radius 3 is 2.79 bits per heavy atom. The number of allylic oxidation sites excluding steroid dienone is 2. The van der Waals surface area contributed by atoms with Crippen LogP contribution in [0.5, 0.6) is 0 Å². The number of rotatable bonds is 8. The van der Waals surface area contributed by atoms with E-state index in [0.29, 0.717) is 30.7 Å². The summed E-state index contributed by atoms with van der Waals surface area (Å²) in [7, 11) is 1.59. The minimum absolute atomic E-state index is 0.0109. The number of aliphatic hydroxyl groups is 1. The fourth-order valence-electron chi connectivity index (χ4n) is 3.86. The third-order valence-electron chi connectivity index (χ3n) is 5.64. The number of nitrogens with zero attached hydrogens (tertiary/aromatic N) is 1. The highest BCUT2D eigenvalue weighted by atomic mass is 16.5. The van der Waals surface area contributed by atoms with E-state index >= 15 is 0 Å². The van der Waals surface area contributed by atoms with Crippen LogP contribution in [-0.4, -0.2) is 40.7 Å². The summed E-state index contributed by atoms with van der Waals surface area (Å²) in [6.07, 6.45) is 7.46. The third-order valence-corrected chi connectivity index (χ3v) is 5.64. The van der Waals surface area contributed by atoms with Gasteiger partial charge in [-0.3, -0.25) is 4.79 Å². The van der Waals surface area contributed by atoms with Crippen molar-refractivity contribution in [2.45, 2.75) is 59.0 Å². The summed E-state index contributed by atoms with van der Waals surface area (Å²) >= 11 is 0. The molecule has 1 heterocycles. The molecule has 1 aliphatic carbocycles. The average Bonchev–Trinajstić information content (AvgIpc) is 3.10. The predicted octanol–water partition coefficient (Wildman–Crippen LogP) is 4.29. The number of ether oxygens (including phenoxy) is 1. The first-order valence-electron chi connectivity index (χ1n) is 10.3. The predicted molar refractivity (Wildman–Crippen MR) is 115 cm³/mol. The minimum atomic E-state index is -0.536. The summed E-state index contributed by atoms with van der Waals surface area (Å²) in [6, 6.07) is 6.17. The van der Waals surface area contributed by atoms with Crippen LogP contribution in [-0.2, 0) is 17.6 Å². The van der Waals surface area contributed by atoms with E-state index in [1.807, 2.05) is 19.1 Å². The van der Waals surface area contributed by atoms with E-state index in [1.165, 1.54) is 5.57 Å². The molecule has 0 bridgehead atoms. The van der Waals surface area contributed by atoms with Crippen LogP contribution in [0.4, 0.5) is 0 Å². The van der Waals surface area contributed by atoms with E-state index in [4.69, 9.17) is 4.74 Å². The maximum absolute atomic E-state index is 12.7. The second-order valence-electron chi connectivity index (χ2n) is 8.92. The van der Waals surface area contributed by atoms with Gasteiger partial charge in [0.1, 0.15) is 0 Å². The molecule has 0 amide bonds. The summed E-state index contributed by atoms with van der Waals surface area (Å²) in [6.45, 7) is 6.79. The first-order chi connectivity index (χ1) is 13.8. The summed E-state index contributed by atoms with van der Waals surface area (Å²) in [5, 5.41) is 10.1. The zero-order valence-electron chi connectivity index (χ0n) is 17.9. The number of aromatic amines is 1. The van der Waals surface area contributed by atoms with E-state index < -0.39 is 6.10 Å². The largest absolute Gasteiger partial charge is 0.390 e. The normalized spacial score (nSPS) is 17.1. The van der Waals surface area contributed by atoms with Crippen molar-refractivity contribution in [3.05, 3.63) is 58.7 Å². The van der Waals surface area contributed by atoms with Gasteiger partial charge in [-0.1, -0.05) is 38.1 Å². The number of aromatic nitrogens is 2. The van der Waals surface area contributed by atoms with Crippen LogP contribution in [0, 0.1) is 12.3 Å². The van der Waals surface area contributed by atoms with Crippen LogP contribution < -0.4 is 0 Å². The number of ketones is 1. The van der Waals surface area contributed by atoms with Gasteiger partial charge in [0.25, 0.3) is 0 Å². The molecule has 5 nitrogen and oxygen atoms in total. The molecule has 2 aromatic rings. The molecule has 156 valence electrons. The van der Waals surface area contributed by atoms with Crippen LogP contribution in [0.1, 0.15) is 66.1 Å². The quantitative estimate of drug-likeness (QED) is 0.653. The molecule has 0 saturated carbocycles. The van der Waals surface area contributed by atoms with Crippen molar-refractivity contribution in [2.75, 3.05) is 13.7 Å². The first kappa shape index (κ1) is 21.5.